The van der Waals surface area contributed by atoms with Crippen LogP contribution in [0.15, 0.2) is 65.8 Å². The number of phenols is 3. The molecule has 0 aromatic heterocycles. The highest BCUT2D eigenvalue weighted by Gasteiger charge is 2.30. The Morgan fingerprint density at radius 3 is 2.06 bits per heavy atom. The molecule has 0 aliphatic rings. The van der Waals surface area contributed by atoms with Gasteiger partial charge in [-0.25, -0.2) is 5.43 Å². The number of carbonyl (C=O) groups is 2. The van der Waals surface area contributed by atoms with E-state index < -0.39 is 23.0 Å². The molecule has 0 fully saturated rings. The van der Waals surface area contributed by atoms with Gasteiger partial charge in [-0.05, 0) is 68.4 Å². The SMILES string of the molecule is CC(C)(Oc1ccc(C(=O)c2ccc(Cl)cc2)cc1)C(=O)N/N=C/c1cc(O)c(O)cc1O. The third-order valence-electron chi connectivity index (χ3n) is 4.64. The molecule has 0 saturated heterocycles. The van der Waals surface area contributed by atoms with Gasteiger partial charge in [-0.1, -0.05) is 11.6 Å². The number of hydrogen-bond acceptors (Lipinski definition) is 7. The summed E-state index contributed by atoms with van der Waals surface area (Å²) in [6, 6.07) is 15.0. The van der Waals surface area contributed by atoms with Crippen LogP contribution >= 0.6 is 11.6 Å². The van der Waals surface area contributed by atoms with Crippen LogP contribution in [-0.2, 0) is 4.79 Å². The van der Waals surface area contributed by atoms with Crippen LogP contribution in [0.3, 0.4) is 0 Å². The van der Waals surface area contributed by atoms with Crippen LogP contribution in [0.25, 0.3) is 0 Å². The Morgan fingerprint density at radius 1 is 0.909 bits per heavy atom. The van der Waals surface area contributed by atoms with Crippen molar-refractivity contribution in [2.45, 2.75) is 19.4 Å². The average Bonchev–Trinajstić information content (AvgIpc) is 2.77. The number of phenolic OH excluding ortho intramolecular Hbond substituents is 3. The maximum atomic E-state index is 12.5. The number of ether oxygens (including phenoxy) is 1. The molecule has 0 saturated carbocycles. The molecule has 3 rings (SSSR count). The Labute approximate surface area is 194 Å². The molecule has 0 atom stereocenters. The molecule has 0 unspecified atom stereocenters. The summed E-state index contributed by atoms with van der Waals surface area (Å²) >= 11 is 5.85. The number of hydrogen-bond donors (Lipinski definition) is 4. The zero-order valence-electron chi connectivity index (χ0n) is 17.7. The van der Waals surface area contributed by atoms with Gasteiger partial charge in [0.05, 0.1) is 6.21 Å². The van der Waals surface area contributed by atoms with Crippen LogP contribution in [0, 0.1) is 0 Å². The van der Waals surface area contributed by atoms with E-state index in [1.807, 2.05) is 0 Å². The van der Waals surface area contributed by atoms with Crippen molar-refractivity contribution < 1.29 is 29.6 Å². The van der Waals surface area contributed by atoms with E-state index in [0.29, 0.717) is 21.9 Å². The third-order valence-corrected chi connectivity index (χ3v) is 4.89. The van der Waals surface area contributed by atoms with E-state index in [4.69, 9.17) is 16.3 Å². The Morgan fingerprint density at radius 2 is 1.45 bits per heavy atom. The van der Waals surface area contributed by atoms with Crippen molar-refractivity contribution in [3.8, 4) is 23.0 Å². The number of carbonyl (C=O) groups excluding carboxylic acids is 2. The largest absolute Gasteiger partial charge is 0.507 e. The second-order valence-electron chi connectivity index (χ2n) is 7.57. The van der Waals surface area contributed by atoms with E-state index in [1.165, 1.54) is 13.8 Å². The Hall–Kier alpha value is -4.04. The lowest BCUT2D eigenvalue weighted by Crippen LogP contribution is -2.44. The van der Waals surface area contributed by atoms with E-state index >= 15 is 0 Å². The van der Waals surface area contributed by atoms with Crippen LogP contribution in [0.1, 0.15) is 35.3 Å². The Balaban J connectivity index is 1.63. The zero-order valence-corrected chi connectivity index (χ0v) is 18.5. The molecule has 1 amide bonds. The minimum Gasteiger partial charge on any atom is -0.507 e. The van der Waals surface area contributed by atoms with Crippen molar-refractivity contribution in [1.29, 1.82) is 0 Å². The van der Waals surface area contributed by atoms with Crippen molar-refractivity contribution in [2.24, 2.45) is 5.10 Å². The predicted molar refractivity (Wildman–Crippen MR) is 123 cm³/mol. The lowest BCUT2D eigenvalue weighted by Gasteiger charge is -2.24. The molecule has 0 bridgehead atoms. The first kappa shape index (κ1) is 23.6. The number of benzene rings is 3. The van der Waals surface area contributed by atoms with Gasteiger partial charge in [0.2, 0.25) is 0 Å². The second-order valence-corrected chi connectivity index (χ2v) is 8.01. The van der Waals surface area contributed by atoms with Crippen molar-refractivity contribution >= 4 is 29.5 Å². The molecule has 0 heterocycles. The molecule has 3 aromatic rings. The molecule has 8 nitrogen and oxygen atoms in total. The first-order valence-corrected chi connectivity index (χ1v) is 10.1. The number of aromatic hydroxyl groups is 3. The monoisotopic (exact) mass is 468 g/mol. The maximum absolute atomic E-state index is 12.5. The fourth-order valence-electron chi connectivity index (χ4n) is 2.76. The molecular formula is C24H21ClN2O6. The van der Waals surface area contributed by atoms with Crippen molar-refractivity contribution in [2.75, 3.05) is 0 Å². The van der Waals surface area contributed by atoms with E-state index in [-0.39, 0.29) is 17.1 Å². The zero-order chi connectivity index (χ0) is 24.2. The van der Waals surface area contributed by atoms with Gasteiger partial charge in [0.25, 0.3) is 5.91 Å². The highest BCUT2D eigenvalue weighted by Crippen LogP contribution is 2.31. The Bertz CT molecular complexity index is 1200. The number of rotatable bonds is 7. The summed E-state index contributed by atoms with van der Waals surface area (Å²) in [6.07, 6.45) is 1.11. The highest BCUT2D eigenvalue weighted by atomic mass is 35.5. The number of halogens is 1. The molecule has 0 spiro atoms. The fraction of sp³-hybridized carbons (Fsp3) is 0.125. The number of hydrazone groups is 1. The molecule has 9 heteroatoms. The van der Waals surface area contributed by atoms with Crippen LogP contribution in [0.2, 0.25) is 5.02 Å². The summed E-state index contributed by atoms with van der Waals surface area (Å²) in [4.78, 5) is 25.0. The molecule has 0 aliphatic heterocycles. The van der Waals surface area contributed by atoms with Gasteiger partial charge in [-0.2, -0.15) is 5.10 Å². The summed E-state index contributed by atoms with van der Waals surface area (Å²) in [6.45, 7) is 3.07. The average molecular weight is 469 g/mol. The minimum absolute atomic E-state index is 0.0882. The van der Waals surface area contributed by atoms with Crippen molar-refractivity contribution in [3.63, 3.8) is 0 Å². The smallest absolute Gasteiger partial charge is 0.283 e. The maximum Gasteiger partial charge on any atom is 0.283 e. The molecule has 3 aromatic carbocycles. The third kappa shape index (κ3) is 5.81. The van der Waals surface area contributed by atoms with E-state index in [9.17, 15) is 24.9 Å². The van der Waals surface area contributed by atoms with Crippen LogP contribution < -0.4 is 10.2 Å². The predicted octanol–water partition coefficient (Wildman–Crippen LogP) is 4.00. The van der Waals surface area contributed by atoms with E-state index in [2.05, 4.69) is 10.5 Å². The van der Waals surface area contributed by atoms with Gasteiger partial charge < -0.3 is 20.1 Å². The van der Waals surface area contributed by atoms with Crippen LogP contribution in [-0.4, -0.2) is 38.8 Å². The normalized spacial score (nSPS) is 11.4. The second kappa shape index (κ2) is 9.62. The van der Waals surface area contributed by atoms with E-state index in [0.717, 1.165) is 18.3 Å². The topological polar surface area (TPSA) is 128 Å². The number of ketones is 1. The van der Waals surface area contributed by atoms with Gasteiger partial charge in [0, 0.05) is 27.8 Å². The van der Waals surface area contributed by atoms with Crippen molar-refractivity contribution in [3.05, 3.63) is 82.4 Å². The minimum atomic E-state index is -1.32. The molecular weight excluding hydrogens is 448 g/mol. The first-order chi connectivity index (χ1) is 15.6. The van der Waals surface area contributed by atoms with Crippen LogP contribution in [0.5, 0.6) is 23.0 Å². The van der Waals surface area contributed by atoms with Crippen LogP contribution in [0.4, 0.5) is 0 Å². The molecule has 0 aliphatic carbocycles. The number of nitrogens with one attached hydrogen (secondary N) is 1. The lowest BCUT2D eigenvalue weighted by atomic mass is 10.0. The van der Waals surface area contributed by atoms with Gasteiger partial charge >= 0.3 is 0 Å². The Kier molecular flexibility index (Phi) is 6.89. The first-order valence-electron chi connectivity index (χ1n) is 9.74. The summed E-state index contributed by atoms with van der Waals surface area (Å²) < 4.78 is 5.74. The number of nitrogens with zero attached hydrogens (tertiary/aromatic N) is 1. The summed E-state index contributed by atoms with van der Waals surface area (Å²) in [5, 5.41) is 32.9. The standard InChI is InChI=1S/C24H21ClN2O6/c1-24(2,23(32)27-26-13-16-11-20(29)21(30)12-19(16)28)33-18-9-5-15(6-10-18)22(31)14-3-7-17(25)8-4-14/h3-13,28-30H,1-2H3,(H,27,32)/b26-13+. The van der Waals surface area contributed by atoms with Gasteiger partial charge in [0.1, 0.15) is 11.5 Å². The fourth-order valence-corrected chi connectivity index (χ4v) is 2.89. The van der Waals surface area contributed by atoms with Gasteiger partial charge in [0.15, 0.2) is 22.9 Å². The summed E-state index contributed by atoms with van der Waals surface area (Å²) in [5.74, 6) is -1.64. The van der Waals surface area contributed by atoms with E-state index in [1.54, 1.807) is 48.5 Å². The van der Waals surface area contributed by atoms with Gasteiger partial charge in [-0.15, -0.1) is 0 Å². The summed E-state index contributed by atoms with van der Waals surface area (Å²) in [7, 11) is 0. The number of amides is 1. The quantitative estimate of drug-likeness (QED) is 0.136. The molecule has 33 heavy (non-hydrogen) atoms. The molecule has 0 radical (unpaired) electrons. The van der Waals surface area contributed by atoms with Gasteiger partial charge in [-0.3, -0.25) is 9.59 Å². The van der Waals surface area contributed by atoms with Crippen molar-refractivity contribution in [1.82, 2.24) is 5.43 Å². The highest BCUT2D eigenvalue weighted by molar-refractivity contribution is 6.30. The molecule has 4 N–H and O–H groups in total. The molecule has 170 valence electrons. The summed E-state index contributed by atoms with van der Waals surface area (Å²) in [5.41, 5.74) is 2.01. The lowest BCUT2D eigenvalue weighted by molar-refractivity contribution is -0.134.